The van der Waals surface area contributed by atoms with Crippen LogP contribution in [0.2, 0.25) is 0 Å². The highest BCUT2D eigenvalue weighted by Crippen LogP contribution is 2.25. The van der Waals surface area contributed by atoms with Crippen LogP contribution in [0, 0.1) is 11.8 Å². The van der Waals surface area contributed by atoms with Crippen LogP contribution >= 0.6 is 0 Å². The van der Waals surface area contributed by atoms with E-state index in [-0.39, 0.29) is 12.0 Å². The summed E-state index contributed by atoms with van der Waals surface area (Å²) in [7, 11) is 0. The number of rotatable bonds is 3. The summed E-state index contributed by atoms with van der Waals surface area (Å²) in [5.74, 6) is 1.14. The normalized spacial score (nSPS) is 30.8. The standard InChI is InChI=1S/C13H24N2O2/c1-10-8-12(9-17-10)13(16)15-6-3-11(2-5-14)4-7-15/h10-12H,2-9,14H2,1H3. The Morgan fingerprint density at radius 1 is 1.41 bits per heavy atom. The van der Waals surface area contributed by atoms with Gasteiger partial charge in [-0.15, -0.1) is 0 Å². The van der Waals surface area contributed by atoms with Gasteiger partial charge < -0.3 is 15.4 Å². The number of hydrogen-bond acceptors (Lipinski definition) is 3. The molecular weight excluding hydrogens is 216 g/mol. The summed E-state index contributed by atoms with van der Waals surface area (Å²) in [6.45, 7) is 5.25. The third-order valence-corrected chi connectivity index (χ3v) is 4.05. The van der Waals surface area contributed by atoms with Crippen molar-refractivity contribution in [3.8, 4) is 0 Å². The molecule has 2 atom stereocenters. The quantitative estimate of drug-likeness (QED) is 0.800. The summed E-state index contributed by atoms with van der Waals surface area (Å²) in [6.07, 6.45) is 4.48. The molecule has 2 N–H and O–H groups in total. The van der Waals surface area contributed by atoms with Gasteiger partial charge in [-0.2, -0.15) is 0 Å². The van der Waals surface area contributed by atoms with Gasteiger partial charge in [-0.1, -0.05) is 0 Å². The summed E-state index contributed by atoms with van der Waals surface area (Å²) in [6, 6.07) is 0. The molecule has 0 aliphatic carbocycles. The second-order valence-electron chi connectivity index (χ2n) is 5.42. The molecule has 4 nitrogen and oxygen atoms in total. The zero-order valence-corrected chi connectivity index (χ0v) is 10.7. The lowest BCUT2D eigenvalue weighted by atomic mass is 9.92. The first-order chi connectivity index (χ1) is 8.20. The Hall–Kier alpha value is -0.610. The van der Waals surface area contributed by atoms with Gasteiger partial charge in [0, 0.05) is 13.1 Å². The fraction of sp³-hybridized carbons (Fsp3) is 0.923. The van der Waals surface area contributed by atoms with E-state index >= 15 is 0 Å². The molecule has 0 bridgehead atoms. The molecule has 0 spiro atoms. The number of likely N-dealkylation sites (tertiary alicyclic amines) is 1. The average molecular weight is 240 g/mol. The molecule has 2 fully saturated rings. The summed E-state index contributed by atoms with van der Waals surface area (Å²) < 4.78 is 5.47. The molecule has 0 saturated carbocycles. The number of nitrogens with two attached hydrogens (primary N) is 1. The van der Waals surface area contributed by atoms with Gasteiger partial charge in [0.25, 0.3) is 0 Å². The fourth-order valence-corrected chi connectivity index (χ4v) is 2.93. The Morgan fingerprint density at radius 3 is 2.65 bits per heavy atom. The molecule has 1 amide bonds. The summed E-state index contributed by atoms with van der Waals surface area (Å²) in [4.78, 5) is 14.3. The number of nitrogens with zero attached hydrogens (tertiary/aromatic N) is 1. The number of piperidine rings is 1. The molecule has 0 radical (unpaired) electrons. The molecule has 2 heterocycles. The van der Waals surface area contributed by atoms with E-state index in [9.17, 15) is 4.79 Å². The monoisotopic (exact) mass is 240 g/mol. The Bertz CT molecular complexity index is 262. The molecule has 0 aromatic carbocycles. The minimum atomic E-state index is 0.107. The van der Waals surface area contributed by atoms with E-state index in [1.165, 1.54) is 0 Å². The number of carbonyl (C=O) groups excluding carboxylic acids is 1. The SMILES string of the molecule is CC1CC(C(=O)N2CCC(CCN)CC2)CO1. The van der Waals surface area contributed by atoms with E-state index in [1.807, 2.05) is 11.8 Å². The van der Waals surface area contributed by atoms with Gasteiger partial charge in [0.1, 0.15) is 0 Å². The molecule has 2 aliphatic heterocycles. The molecule has 2 unspecified atom stereocenters. The van der Waals surface area contributed by atoms with Crippen LogP contribution in [0.4, 0.5) is 0 Å². The van der Waals surface area contributed by atoms with E-state index in [0.717, 1.165) is 51.2 Å². The van der Waals surface area contributed by atoms with Crippen LogP contribution in [0.1, 0.15) is 32.6 Å². The van der Waals surface area contributed by atoms with Crippen molar-refractivity contribution in [2.24, 2.45) is 17.6 Å². The third-order valence-electron chi connectivity index (χ3n) is 4.05. The van der Waals surface area contributed by atoms with Crippen molar-refractivity contribution in [2.75, 3.05) is 26.2 Å². The third kappa shape index (κ3) is 3.19. The lowest BCUT2D eigenvalue weighted by molar-refractivity contribution is -0.136. The van der Waals surface area contributed by atoms with Crippen molar-refractivity contribution >= 4 is 5.91 Å². The van der Waals surface area contributed by atoms with Gasteiger partial charge in [0.15, 0.2) is 0 Å². The van der Waals surface area contributed by atoms with Crippen LogP contribution in [-0.4, -0.2) is 43.2 Å². The molecule has 0 aromatic heterocycles. The van der Waals surface area contributed by atoms with Gasteiger partial charge in [0.05, 0.1) is 18.6 Å². The highest BCUT2D eigenvalue weighted by Gasteiger charge is 2.32. The Kier molecular flexibility index (Phi) is 4.40. The predicted octanol–water partition coefficient (Wildman–Crippen LogP) is 0.999. The van der Waals surface area contributed by atoms with Crippen LogP contribution in [0.15, 0.2) is 0 Å². The summed E-state index contributed by atoms with van der Waals surface area (Å²) in [5.41, 5.74) is 5.57. The molecule has 2 rings (SSSR count). The Balaban J connectivity index is 1.78. The first-order valence-electron chi connectivity index (χ1n) is 6.81. The van der Waals surface area contributed by atoms with Crippen molar-refractivity contribution in [3.05, 3.63) is 0 Å². The molecule has 17 heavy (non-hydrogen) atoms. The minimum absolute atomic E-state index is 0.107. The molecular formula is C13H24N2O2. The van der Waals surface area contributed by atoms with E-state index in [4.69, 9.17) is 10.5 Å². The van der Waals surface area contributed by atoms with Gasteiger partial charge in [-0.05, 0) is 45.1 Å². The number of hydrogen-bond donors (Lipinski definition) is 1. The highest BCUT2D eigenvalue weighted by molar-refractivity contribution is 5.79. The van der Waals surface area contributed by atoms with Crippen molar-refractivity contribution in [2.45, 2.75) is 38.7 Å². The van der Waals surface area contributed by atoms with E-state index in [2.05, 4.69) is 0 Å². The number of ether oxygens (including phenoxy) is 1. The zero-order chi connectivity index (χ0) is 12.3. The highest BCUT2D eigenvalue weighted by atomic mass is 16.5. The maximum absolute atomic E-state index is 12.2. The molecule has 4 heteroatoms. The smallest absolute Gasteiger partial charge is 0.228 e. The first-order valence-corrected chi connectivity index (χ1v) is 6.81. The van der Waals surface area contributed by atoms with Crippen molar-refractivity contribution in [3.63, 3.8) is 0 Å². The van der Waals surface area contributed by atoms with Crippen molar-refractivity contribution < 1.29 is 9.53 Å². The van der Waals surface area contributed by atoms with Crippen LogP contribution in [-0.2, 0) is 9.53 Å². The molecule has 2 aliphatic rings. The van der Waals surface area contributed by atoms with Crippen molar-refractivity contribution in [1.82, 2.24) is 4.90 Å². The predicted molar refractivity (Wildman–Crippen MR) is 66.5 cm³/mol. The number of amides is 1. The Morgan fingerprint density at radius 2 is 2.12 bits per heavy atom. The topological polar surface area (TPSA) is 55.6 Å². The van der Waals surface area contributed by atoms with Crippen LogP contribution in [0.3, 0.4) is 0 Å². The van der Waals surface area contributed by atoms with Gasteiger partial charge in [0.2, 0.25) is 5.91 Å². The zero-order valence-electron chi connectivity index (χ0n) is 10.7. The lowest BCUT2D eigenvalue weighted by Crippen LogP contribution is -2.42. The number of carbonyl (C=O) groups is 1. The van der Waals surface area contributed by atoms with Crippen LogP contribution in [0.25, 0.3) is 0 Å². The van der Waals surface area contributed by atoms with Crippen molar-refractivity contribution in [1.29, 1.82) is 0 Å². The molecule has 0 aromatic rings. The summed E-state index contributed by atoms with van der Waals surface area (Å²) in [5, 5.41) is 0. The minimum Gasteiger partial charge on any atom is -0.378 e. The largest absolute Gasteiger partial charge is 0.378 e. The maximum Gasteiger partial charge on any atom is 0.228 e. The van der Waals surface area contributed by atoms with Gasteiger partial charge in [-0.3, -0.25) is 4.79 Å². The summed E-state index contributed by atoms with van der Waals surface area (Å²) >= 11 is 0. The van der Waals surface area contributed by atoms with Crippen LogP contribution < -0.4 is 5.73 Å². The second kappa shape index (κ2) is 5.83. The Labute approximate surface area is 103 Å². The lowest BCUT2D eigenvalue weighted by Gasteiger charge is -2.33. The average Bonchev–Trinajstić information content (AvgIpc) is 2.76. The van der Waals surface area contributed by atoms with E-state index in [0.29, 0.717) is 12.5 Å². The fourth-order valence-electron chi connectivity index (χ4n) is 2.93. The maximum atomic E-state index is 12.2. The van der Waals surface area contributed by atoms with E-state index in [1.54, 1.807) is 0 Å². The molecule has 98 valence electrons. The van der Waals surface area contributed by atoms with Crippen LogP contribution in [0.5, 0.6) is 0 Å². The second-order valence-corrected chi connectivity index (χ2v) is 5.42. The molecule has 2 saturated heterocycles. The van der Waals surface area contributed by atoms with Gasteiger partial charge in [-0.25, -0.2) is 0 Å². The van der Waals surface area contributed by atoms with E-state index < -0.39 is 0 Å². The van der Waals surface area contributed by atoms with Gasteiger partial charge >= 0.3 is 0 Å². The first kappa shape index (κ1) is 12.8.